The van der Waals surface area contributed by atoms with Crippen LogP contribution in [0.3, 0.4) is 0 Å². The molecule has 0 bridgehead atoms. The van der Waals surface area contributed by atoms with Crippen LogP contribution in [0.25, 0.3) is 16.7 Å². The highest BCUT2D eigenvalue weighted by Crippen LogP contribution is 2.26. The Bertz CT molecular complexity index is 1400. The van der Waals surface area contributed by atoms with Crippen molar-refractivity contribution in [3.05, 3.63) is 58.1 Å². The number of fused-ring (bicyclic) bond motifs is 1. The summed E-state index contributed by atoms with van der Waals surface area (Å²) in [7, 11) is 0. The number of β-amino-alcohol motifs (C(OH)–C–C–N with tert-alkyl or cyclic N) is 1. The van der Waals surface area contributed by atoms with Crippen LogP contribution in [0.4, 0.5) is 27.8 Å². The molecule has 2 atom stereocenters. The lowest BCUT2D eigenvalue weighted by Gasteiger charge is -2.21. The standard InChI is InChI=1S/C22H18F5N5O4/c1-2-15(22(25,26)27)29-21(36)12-9-32(18-13(23)6-28-7-14(18)24)20-11(19(12)35)3-4-16(30-20)31-8-10(33)5-17(31)34/h3-4,6-7,9-10,15,33H,2,5,8H2,1H3,(H,29,36)/t10-,15-/m0/s1. The molecule has 2 amide bonds. The van der Waals surface area contributed by atoms with Crippen molar-refractivity contribution in [3.63, 3.8) is 0 Å². The van der Waals surface area contributed by atoms with Crippen LogP contribution in [-0.2, 0) is 4.79 Å². The number of halogens is 5. The van der Waals surface area contributed by atoms with Gasteiger partial charge in [0.2, 0.25) is 11.3 Å². The SMILES string of the molecule is CC[C@H](NC(=O)c1cn(-c2c(F)cncc2F)c2nc(N3C[C@@H](O)CC3=O)ccc2c1=O)C(F)(F)F. The van der Waals surface area contributed by atoms with Gasteiger partial charge in [0.25, 0.3) is 5.91 Å². The van der Waals surface area contributed by atoms with Gasteiger partial charge in [0, 0.05) is 6.20 Å². The molecule has 9 nitrogen and oxygen atoms in total. The zero-order chi connectivity index (χ0) is 26.4. The Labute approximate surface area is 199 Å². The fourth-order valence-electron chi connectivity index (χ4n) is 3.87. The molecule has 0 radical (unpaired) electrons. The molecule has 4 heterocycles. The zero-order valence-electron chi connectivity index (χ0n) is 18.5. The van der Waals surface area contributed by atoms with Gasteiger partial charge < -0.3 is 10.4 Å². The Kier molecular flexibility index (Phi) is 6.47. The number of aliphatic hydroxyl groups excluding tert-OH is 1. The van der Waals surface area contributed by atoms with Gasteiger partial charge in [-0.1, -0.05) is 6.92 Å². The first kappa shape index (κ1) is 25.2. The van der Waals surface area contributed by atoms with E-state index in [0.29, 0.717) is 23.2 Å². The van der Waals surface area contributed by atoms with E-state index in [1.54, 1.807) is 5.32 Å². The summed E-state index contributed by atoms with van der Waals surface area (Å²) in [5, 5.41) is 11.1. The summed E-state index contributed by atoms with van der Waals surface area (Å²) in [4.78, 5) is 46.6. The summed E-state index contributed by atoms with van der Waals surface area (Å²) < 4.78 is 69.6. The monoisotopic (exact) mass is 511 g/mol. The Morgan fingerprint density at radius 3 is 2.44 bits per heavy atom. The summed E-state index contributed by atoms with van der Waals surface area (Å²) in [6, 6.07) is 0.0785. The minimum Gasteiger partial charge on any atom is -0.391 e. The van der Waals surface area contributed by atoms with E-state index in [1.807, 2.05) is 0 Å². The van der Waals surface area contributed by atoms with Gasteiger partial charge in [-0.15, -0.1) is 0 Å². The molecular formula is C22H18F5N5O4. The molecule has 0 aliphatic carbocycles. The normalized spacial score (nSPS) is 17.0. The number of pyridine rings is 3. The first-order chi connectivity index (χ1) is 16.9. The molecule has 0 spiro atoms. The van der Waals surface area contributed by atoms with Crippen LogP contribution in [0.2, 0.25) is 0 Å². The molecule has 0 aromatic carbocycles. The lowest BCUT2D eigenvalue weighted by molar-refractivity contribution is -0.153. The highest BCUT2D eigenvalue weighted by Gasteiger charge is 2.40. The van der Waals surface area contributed by atoms with Crippen LogP contribution in [0.5, 0.6) is 0 Å². The molecule has 3 aromatic rings. The number of hydrogen-bond donors (Lipinski definition) is 2. The highest BCUT2D eigenvalue weighted by molar-refractivity contribution is 5.99. The van der Waals surface area contributed by atoms with Crippen molar-refractivity contribution in [2.45, 2.75) is 38.1 Å². The van der Waals surface area contributed by atoms with E-state index in [2.05, 4.69) is 9.97 Å². The summed E-state index contributed by atoms with van der Waals surface area (Å²) in [6.07, 6.45) is -4.48. The number of alkyl halides is 3. The average Bonchev–Trinajstić information content (AvgIpc) is 3.15. The minimum atomic E-state index is -4.80. The number of anilines is 1. The number of nitrogens with one attached hydrogen (secondary N) is 1. The van der Waals surface area contributed by atoms with Gasteiger partial charge in [0.05, 0.1) is 36.8 Å². The third kappa shape index (κ3) is 4.51. The number of amides is 2. The predicted octanol–water partition coefficient (Wildman–Crippen LogP) is 2.23. The van der Waals surface area contributed by atoms with Gasteiger partial charge in [-0.05, 0) is 18.6 Å². The Morgan fingerprint density at radius 1 is 1.22 bits per heavy atom. The molecule has 2 N–H and O–H groups in total. The van der Waals surface area contributed by atoms with Gasteiger partial charge in [0.15, 0.2) is 17.3 Å². The Balaban J connectivity index is 1.95. The van der Waals surface area contributed by atoms with Crippen molar-refractivity contribution in [1.29, 1.82) is 0 Å². The van der Waals surface area contributed by atoms with E-state index in [-0.39, 0.29) is 29.8 Å². The molecule has 3 aromatic heterocycles. The topological polar surface area (TPSA) is 117 Å². The number of aliphatic hydroxyl groups is 1. The van der Waals surface area contributed by atoms with E-state index in [0.717, 1.165) is 11.0 Å². The zero-order valence-corrected chi connectivity index (χ0v) is 18.5. The number of aromatic nitrogens is 3. The predicted molar refractivity (Wildman–Crippen MR) is 116 cm³/mol. The number of hydrogen-bond acceptors (Lipinski definition) is 6. The van der Waals surface area contributed by atoms with Crippen molar-refractivity contribution >= 4 is 28.7 Å². The van der Waals surface area contributed by atoms with Gasteiger partial charge in [-0.3, -0.25) is 28.8 Å². The van der Waals surface area contributed by atoms with Crippen molar-refractivity contribution in [2.75, 3.05) is 11.4 Å². The molecule has 36 heavy (non-hydrogen) atoms. The van der Waals surface area contributed by atoms with Gasteiger partial charge in [-0.2, -0.15) is 13.2 Å². The lowest BCUT2D eigenvalue weighted by Crippen LogP contribution is -2.46. The number of carbonyl (C=O) groups excluding carboxylic acids is 2. The maximum Gasteiger partial charge on any atom is 0.408 e. The van der Waals surface area contributed by atoms with Gasteiger partial charge >= 0.3 is 6.18 Å². The second-order valence-electron chi connectivity index (χ2n) is 8.07. The molecule has 1 saturated heterocycles. The van der Waals surface area contributed by atoms with E-state index in [1.165, 1.54) is 13.0 Å². The highest BCUT2D eigenvalue weighted by atomic mass is 19.4. The molecule has 0 unspecified atom stereocenters. The summed E-state index contributed by atoms with van der Waals surface area (Å²) >= 11 is 0. The van der Waals surface area contributed by atoms with Crippen molar-refractivity contribution in [3.8, 4) is 5.69 Å². The average molecular weight is 511 g/mol. The van der Waals surface area contributed by atoms with E-state index in [4.69, 9.17) is 0 Å². The summed E-state index contributed by atoms with van der Waals surface area (Å²) in [5.41, 5.74) is -3.04. The first-order valence-corrected chi connectivity index (χ1v) is 10.6. The minimum absolute atomic E-state index is 0.0487. The van der Waals surface area contributed by atoms with Crippen LogP contribution < -0.4 is 15.6 Å². The second-order valence-corrected chi connectivity index (χ2v) is 8.07. The largest absolute Gasteiger partial charge is 0.408 e. The second kappa shape index (κ2) is 9.26. The Hall–Kier alpha value is -3.94. The molecule has 1 aliphatic rings. The quantitative estimate of drug-likeness (QED) is 0.508. The Morgan fingerprint density at radius 2 is 1.89 bits per heavy atom. The van der Waals surface area contributed by atoms with E-state index >= 15 is 0 Å². The van der Waals surface area contributed by atoms with Crippen LogP contribution in [0.15, 0.2) is 35.5 Å². The molecule has 1 fully saturated rings. The number of carbonyl (C=O) groups is 2. The molecule has 0 saturated carbocycles. The van der Waals surface area contributed by atoms with Crippen LogP contribution in [0.1, 0.15) is 30.1 Å². The molecule has 14 heteroatoms. The van der Waals surface area contributed by atoms with E-state index < -0.39 is 64.9 Å². The van der Waals surface area contributed by atoms with Crippen molar-refractivity contribution in [1.82, 2.24) is 19.9 Å². The van der Waals surface area contributed by atoms with Crippen LogP contribution in [-0.4, -0.2) is 56.3 Å². The number of rotatable bonds is 5. The molecule has 1 aliphatic heterocycles. The van der Waals surface area contributed by atoms with Crippen LogP contribution in [0, 0.1) is 11.6 Å². The van der Waals surface area contributed by atoms with Crippen molar-refractivity contribution < 1.29 is 36.6 Å². The molecule has 190 valence electrons. The maximum atomic E-state index is 14.7. The first-order valence-electron chi connectivity index (χ1n) is 10.6. The summed E-state index contributed by atoms with van der Waals surface area (Å²) in [6.45, 7) is 1.07. The third-order valence-corrected chi connectivity index (χ3v) is 5.64. The maximum absolute atomic E-state index is 14.7. The van der Waals surface area contributed by atoms with Gasteiger partial charge in [0.1, 0.15) is 23.1 Å². The van der Waals surface area contributed by atoms with Crippen LogP contribution >= 0.6 is 0 Å². The number of nitrogens with zero attached hydrogens (tertiary/aromatic N) is 4. The fraction of sp³-hybridized carbons (Fsp3) is 0.318. The lowest BCUT2D eigenvalue weighted by atomic mass is 10.1. The third-order valence-electron chi connectivity index (χ3n) is 5.64. The molecular weight excluding hydrogens is 493 g/mol. The summed E-state index contributed by atoms with van der Waals surface area (Å²) in [5.74, 6) is -4.37. The van der Waals surface area contributed by atoms with Crippen molar-refractivity contribution in [2.24, 2.45) is 0 Å². The smallest absolute Gasteiger partial charge is 0.391 e. The fourth-order valence-corrected chi connectivity index (χ4v) is 3.87. The molecule has 4 rings (SSSR count). The van der Waals surface area contributed by atoms with Gasteiger partial charge in [-0.25, -0.2) is 13.8 Å². The van der Waals surface area contributed by atoms with E-state index in [9.17, 15) is 41.4 Å².